The van der Waals surface area contributed by atoms with Crippen molar-refractivity contribution < 1.29 is 21.4 Å². The molecule has 5 rings (SSSR count). The zero-order chi connectivity index (χ0) is 27.2. The molecule has 5 heteroatoms. The summed E-state index contributed by atoms with van der Waals surface area (Å²) in [6, 6.07) is 0. The lowest BCUT2D eigenvalue weighted by Crippen LogP contribution is -2.59. The van der Waals surface area contributed by atoms with Gasteiger partial charge in [0.1, 0.15) is 5.78 Å². The minimum Gasteiger partial charge on any atom is -0.417 e. The quantitative estimate of drug-likeness (QED) is 0.377. The second kappa shape index (κ2) is 8.64. The van der Waals surface area contributed by atoms with Crippen molar-refractivity contribution in [2.45, 2.75) is 117 Å². The first kappa shape index (κ1) is 23.9. The smallest absolute Gasteiger partial charge is 0.191 e. The van der Waals surface area contributed by atoms with E-state index in [4.69, 9.17) is 13.9 Å². The van der Waals surface area contributed by atoms with Crippen LogP contribution in [-0.2, 0) is 18.7 Å². The molecule has 3 unspecified atom stereocenters. The highest BCUT2D eigenvalue weighted by molar-refractivity contribution is 6.74. The van der Waals surface area contributed by atoms with Crippen LogP contribution in [-0.4, -0.2) is 39.7 Å². The van der Waals surface area contributed by atoms with Crippen LogP contribution in [0, 0.1) is 46.3 Å². The van der Waals surface area contributed by atoms with Gasteiger partial charge in [-0.05, 0) is 90.6 Å². The van der Waals surface area contributed by atoms with E-state index in [1.807, 2.05) is 0 Å². The van der Waals surface area contributed by atoms with Crippen molar-refractivity contribution in [2.75, 3.05) is 19.8 Å². The fourth-order valence-electron chi connectivity index (χ4n) is 8.74. The van der Waals surface area contributed by atoms with Gasteiger partial charge in [-0.2, -0.15) is 0 Å². The summed E-state index contributed by atoms with van der Waals surface area (Å²) >= 11 is 0. The maximum Gasteiger partial charge on any atom is 0.191 e. The van der Waals surface area contributed by atoms with Crippen LogP contribution < -0.4 is 0 Å². The third-order valence-corrected chi connectivity index (χ3v) is 16.5. The molecule has 0 aromatic carbocycles. The number of ether oxygens (including phenoxy) is 2. The van der Waals surface area contributed by atoms with E-state index < -0.39 is 26.4 Å². The minimum absolute atomic E-state index is 0.0364. The number of carbonyl (C=O) groups excluding carboxylic acids is 1. The van der Waals surface area contributed by atoms with E-state index in [2.05, 4.69) is 54.6 Å². The molecule has 0 bridgehead atoms. The molecule has 1 spiro atoms. The van der Waals surface area contributed by atoms with Crippen LogP contribution in [0.2, 0.25) is 18.1 Å². The van der Waals surface area contributed by atoms with Gasteiger partial charge in [0.2, 0.25) is 0 Å². The molecular formula is C30H52O4Si. The van der Waals surface area contributed by atoms with Crippen LogP contribution in [0.25, 0.3) is 0 Å². The Labute approximate surface area is 218 Å². The SMILES string of the molecule is [2H][C@H]1C(=O)C2C3CC[C@H]([C@H](C)CO[Si](C)(C)C(C)(C)C)[C@@]3(C)CCC2[C@@]2(C)CCC3(C[C@]12[2H])OCCO3. The molecule has 4 nitrogen and oxygen atoms in total. The van der Waals surface area contributed by atoms with E-state index >= 15 is 0 Å². The van der Waals surface area contributed by atoms with Crippen LogP contribution in [0.5, 0.6) is 0 Å². The molecule has 1 saturated heterocycles. The highest BCUT2D eigenvalue weighted by Gasteiger charge is 2.64. The average molecular weight is 507 g/mol. The van der Waals surface area contributed by atoms with Crippen molar-refractivity contribution in [1.82, 2.24) is 0 Å². The summed E-state index contributed by atoms with van der Waals surface area (Å²) in [5, 5.41) is 0.204. The molecule has 9 atom stereocenters. The lowest BCUT2D eigenvalue weighted by atomic mass is 9.44. The Bertz CT molecular complexity index is 914. The second-order valence-corrected chi connectivity index (χ2v) is 19.6. The zero-order valence-electron chi connectivity index (χ0n) is 25.7. The fourth-order valence-corrected chi connectivity index (χ4v) is 9.85. The first-order valence-corrected chi connectivity index (χ1v) is 17.3. The van der Waals surface area contributed by atoms with E-state index in [0.29, 0.717) is 37.4 Å². The summed E-state index contributed by atoms with van der Waals surface area (Å²) in [5.41, 5.74) is -0.242. The lowest BCUT2D eigenvalue weighted by molar-refractivity contribution is -0.227. The Hall–Kier alpha value is -0.233. The molecule has 0 amide bonds. The Morgan fingerprint density at radius 1 is 1.09 bits per heavy atom. The van der Waals surface area contributed by atoms with Gasteiger partial charge in [-0.3, -0.25) is 4.79 Å². The van der Waals surface area contributed by atoms with Gasteiger partial charge in [0.25, 0.3) is 0 Å². The van der Waals surface area contributed by atoms with Crippen LogP contribution in [0.15, 0.2) is 0 Å². The number of carbonyl (C=O) groups is 1. The maximum atomic E-state index is 14.1. The first-order valence-electron chi connectivity index (χ1n) is 15.5. The summed E-state index contributed by atoms with van der Waals surface area (Å²) in [6.07, 6.45) is 5.25. The molecule has 0 aromatic rings. The van der Waals surface area contributed by atoms with Crippen molar-refractivity contribution in [2.24, 2.45) is 46.3 Å². The normalized spacial score (nSPS) is 49.1. The van der Waals surface area contributed by atoms with Crippen molar-refractivity contribution in [1.29, 1.82) is 0 Å². The Morgan fingerprint density at radius 2 is 1.74 bits per heavy atom. The van der Waals surface area contributed by atoms with Crippen LogP contribution >= 0.6 is 0 Å². The van der Waals surface area contributed by atoms with Gasteiger partial charge >= 0.3 is 0 Å². The highest BCUT2D eigenvalue weighted by Crippen LogP contribution is 2.68. The third kappa shape index (κ3) is 4.14. The van der Waals surface area contributed by atoms with Gasteiger partial charge in [-0.15, -0.1) is 0 Å². The number of fused-ring (bicyclic) bond motifs is 5. The van der Waals surface area contributed by atoms with E-state index in [1.54, 1.807) is 0 Å². The Balaban J connectivity index is 1.38. The van der Waals surface area contributed by atoms with Crippen LogP contribution in [0.4, 0.5) is 0 Å². The molecule has 0 aromatic heterocycles. The standard InChI is InChI=1S/C30H52O4Si/c1-20(19-34-35(7,8)27(2,3)4)22-9-10-23-26-24(11-12-29(22,23)6)28(5)13-14-30(32-15-16-33-30)18-21(28)17-25(26)31/h20-24,26H,9-19H2,1-8H3/t20-,21+,22-,23?,24?,26?,28+,29-/m1/s1/i17D,21D/t17-,20-,21+,22-,23?,24?,26?,28+,29-. The molecular weight excluding hydrogens is 452 g/mol. The Morgan fingerprint density at radius 3 is 2.40 bits per heavy atom. The van der Waals surface area contributed by atoms with Crippen molar-refractivity contribution >= 4 is 14.1 Å². The molecule has 35 heavy (non-hydrogen) atoms. The zero-order valence-corrected chi connectivity index (χ0v) is 24.7. The molecule has 0 N–H and O–H groups in total. The van der Waals surface area contributed by atoms with Crippen molar-refractivity contribution in [3.63, 3.8) is 0 Å². The molecule has 4 saturated carbocycles. The maximum absolute atomic E-state index is 14.1. The molecule has 200 valence electrons. The average Bonchev–Trinajstić information content (AvgIpc) is 3.41. The summed E-state index contributed by atoms with van der Waals surface area (Å²) in [7, 11) is -1.81. The van der Waals surface area contributed by atoms with Gasteiger partial charge in [0.05, 0.1) is 13.2 Å². The van der Waals surface area contributed by atoms with Crippen LogP contribution in [0.3, 0.4) is 0 Å². The van der Waals surface area contributed by atoms with Crippen molar-refractivity contribution in [3.05, 3.63) is 0 Å². The van der Waals surface area contributed by atoms with Gasteiger partial charge in [-0.1, -0.05) is 41.5 Å². The minimum atomic E-state index is -1.81. The molecule has 1 aliphatic heterocycles. The van der Waals surface area contributed by atoms with E-state index in [9.17, 15) is 7.54 Å². The largest absolute Gasteiger partial charge is 0.417 e. The predicted octanol–water partition coefficient (Wildman–Crippen LogP) is 7.23. The second-order valence-electron chi connectivity index (χ2n) is 14.8. The number of ketones is 1. The number of Topliss-reactive ketones (excluding diaryl/α,β-unsaturated/α-hetero) is 1. The summed E-state index contributed by atoms with van der Waals surface area (Å²) in [6.45, 7) is 20.5. The molecule has 5 fully saturated rings. The van der Waals surface area contributed by atoms with E-state index in [-0.39, 0.29) is 33.5 Å². The first-order chi connectivity index (χ1) is 17.0. The third-order valence-electron chi connectivity index (χ3n) is 12.0. The van der Waals surface area contributed by atoms with Crippen molar-refractivity contribution in [3.8, 4) is 0 Å². The molecule has 4 aliphatic carbocycles. The monoisotopic (exact) mass is 506 g/mol. The van der Waals surface area contributed by atoms with Gasteiger partial charge in [-0.25, -0.2) is 0 Å². The number of hydrogen-bond acceptors (Lipinski definition) is 4. The van der Waals surface area contributed by atoms with Crippen LogP contribution in [0.1, 0.15) is 95.6 Å². The number of hydrogen-bond donors (Lipinski definition) is 0. The fraction of sp³-hybridized carbons (Fsp3) is 0.967. The molecule has 5 aliphatic rings. The molecule has 0 radical (unpaired) electrons. The summed E-state index contributed by atoms with van der Waals surface area (Å²) < 4.78 is 37.5. The summed E-state index contributed by atoms with van der Waals surface area (Å²) in [4.78, 5) is 14.1. The van der Waals surface area contributed by atoms with E-state index in [0.717, 1.165) is 45.1 Å². The topological polar surface area (TPSA) is 44.8 Å². The Kier molecular flexibility index (Phi) is 5.89. The predicted molar refractivity (Wildman–Crippen MR) is 143 cm³/mol. The van der Waals surface area contributed by atoms with Gasteiger partial charge < -0.3 is 13.9 Å². The molecule has 1 heterocycles. The summed E-state index contributed by atoms with van der Waals surface area (Å²) in [5.74, 6) is -0.430. The van der Waals surface area contributed by atoms with Gasteiger partial charge in [0, 0.05) is 34.5 Å². The van der Waals surface area contributed by atoms with Gasteiger partial charge in [0.15, 0.2) is 14.1 Å². The lowest BCUT2D eigenvalue weighted by Gasteiger charge is -2.61. The number of rotatable bonds is 4. The van der Waals surface area contributed by atoms with E-state index in [1.165, 1.54) is 0 Å². The highest BCUT2D eigenvalue weighted by atomic mass is 28.4.